The van der Waals surface area contributed by atoms with E-state index in [1.807, 2.05) is 13.0 Å². The summed E-state index contributed by atoms with van der Waals surface area (Å²) in [7, 11) is 0. The minimum atomic E-state index is 0.0330. The van der Waals surface area contributed by atoms with Gasteiger partial charge in [0.05, 0.1) is 9.21 Å². The molecule has 3 aliphatic heterocycles. The lowest BCUT2D eigenvalue weighted by Gasteiger charge is -2.49. The number of carbonyl (C=O) groups excluding carboxylic acids is 1. The highest BCUT2D eigenvalue weighted by atomic mass is 35.5. The van der Waals surface area contributed by atoms with E-state index in [9.17, 15) is 4.79 Å². The summed E-state index contributed by atoms with van der Waals surface area (Å²) in [5.41, 5.74) is 0.985. The quantitative estimate of drug-likeness (QED) is 0.910. The van der Waals surface area contributed by atoms with E-state index in [1.54, 1.807) is 0 Å². The fourth-order valence-electron chi connectivity index (χ4n) is 3.34. The molecular formula is C14H19ClN2OS. The number of fused-ring (bicyclic) bond motifs is 3. The van der Waals surface area contributed by atoms with E-state index in [1.165, 1.54) is 37.3 Å². The number of halogens is 1. The molecule has 1 aromatic heterocycles. The maximum atomic E-state index is 12.3. The highest BCUT2D eigenvalue weighted by Gasteiger charge is 2.40. The normalized spacial score (nSPS) is 33.4. The molecule has 2 atom stereocenters. The summed E-state index contributed by atoms with van der Waals surface area (Å²) >= 11 is 7.41. The van der Waals surface area contributed by atoms with Crippen molar-refractivity contribution in [1.29, 1.82) is 0 Å². The SMILES string of the molecule is Cc1cc(C(=O)N[C@@H]2C3CCN(CC3)[C@@H]2C)sc1Cl. The van der Waals surface area contributed by atoms with Crippen LogP contribution in [0.2, 0.25) is 4.34 Å². The number of nitrogens with zero attached hydrogens (tertiary/aromatic N) is 1. The lowest BCUT2D eigenvalue weighted by atomic mass is 9.79. The van der Waals surface area contributed by atoms with Gasteiger partial charge in [-0.3, -0.25) is 9.69 Å². The van der Waals surface area contributed by atoms with Gasteiger partial charge in [0.15, 0.2) is 0 Å². The highest BCUT2D eigenvalue weighted by molar-refractivity contribution is 7.18. The molecule has 3 fully saturated rings. The summed E-state index contributed by atoms with van der Waals surface area (Å²) < 4.78 is 0.715. The molecule has 0 saturated carbocycles. The predicted molar refractivity (Wildman–Crippen MR) is 79.1 cm³/mol. The lowest BCUT2D eigenvalue weighted by Crippen LogP contribution is -2.62. The van der Waals surface area contributed by atoms with E-state index in [0.717, 1.165) is 10.4 Å². The Bertz CT molecular complexity index is 472. The van der Waals surface area contributed by atoms with Crippen LogP contribution in [-0.4, -0.2) is 36.0 Å². The summed E-state index contributed by atoms with van der Waals surface area (Å²) in [6, 6.07) is 2.62. The fraction of sp³-hybridized carbons (Fsp3) is 0.643. The molecule has 3 nitrogen and oxygen atoms in total. The molecule has 1 N–H and O–H groups in total. The van der Waals surface area contributed by atoms with Crippen LogP contribution >= 0.6 is 22.9 Å². The molecule has 4 heterocycles. The molecule has 2 bridgehead atoms. The summed E-state index contributed by atoms with van der Waals surface area (Å²) in [6.45, 7) is 6.53. The number of amides is 1. The second-order valence-corrected chi connectivity index (χ2v) is 7.33. The smallest absolute Gasteiger partial charge is 0.261 e. The van der Waals surface area contributed by atoms with Crippen LogP contribution < -0.4 is 5.32 Å². The first kappa shape index (κ1) is 13.4. The van der Waals surface area contributed by atoms with Gasteiger partial charge in [-0.05, 0) is 57.3 Å². The molecule has 0 spiro atoms. The Hall–Kier alpha value is -0.580. The number of aryl methyl sites for hydroxylation is 1. The number of hydrogen-bond acceptors (Lipinski definition) is 3. The van der Waals surface area contributed by atoms with Crippen molar-refractivity contribution in [2.24, 2.45) is 5.92 Å². The van der Waals surface area contributed by atoms with Crippen LogP contribution in [0, 0.1) is 12.8 Å². The molecule has 1 amide bonds. The zero-order chi connectivity index (χ0) is 13.6. The Morgan fingerprint density at radius 2 is 2.16 bits per heavy atom. The van der Waals surface area contributed by atoms with Crippen molar-refractivity contribution in [3.8, 4) is 0 Å². The largest absolute Gasteiger partial charge is 0.347 e. The van der Waals surface area contributed by atoms with Gasteiger partial charge in [0.1, 0.15) is 0 Å². The van der Waals surface area contributed by atoms with Crippen molar-refractivity contribution in [3.63, 3.8) is 0 Å². The van der Waals surface area contributed by atoms with Gasteiger partial charge in [0.25, 0.3) is 5.91 Å². The fourth-order valence-corrected chi connectivity index (χ4v) is 4.44. The minimum absolute atomic E-state index is 0.0330. The second-order valence-electron chi connectivity index (χ2n) is 5.68. The molecule has 4 rings (SSSR count). The van der Waals surface area contributed by atoms with Crippen molar-refractivity contribution in [2.45, 2.75) is 38.8 Å². The Morgan fingerprint density at radius 3 is 2.68 bits per heavy atom. The van der Waals surface area contributed by atoms with Crippen LogP contribution in [0.1, 0.15) is 35.0 Å². The van der Waals surface area contributed by atoms with Gasteiger partial charge in [0, 0.05) is 12.1 Å². The molecule has 19 heavy (non-hydrogen) atoms. The Morgan fingerprint density at radius 1 is 1.47 bits per heavy atom. The van der Waals surface area contributed by atoms with Crippen molar-refractivity contribution >= 4 is 28.8 Å². The van der Waals surface area contributed by atoms with Crippen molar-refractivity contribution in [1.82, 2.24) is 10.2 Å². The number of nitrogens with one attached hydrogen (secondary N) is 1. The molecule has 0 aromatic carbocycles. The molecule has 0 aliphatic carbocycles. The van der Waals surface area contributed by atoms with Gasteiger partial charge in [-0.25, -0.2) is 0 Å². The molecule has 3 saturated heterocycles. The minimum Gasteiger partial charge on any atom is -0.347 e. The van der Waals surface area contributed by atoms with Crippen LogP contribution in [0.5, 0.6) is 0 Å². The van der Waals surface area contributed by atoms with Crippen molar-refractivity contribution in [3.05, 3.63) is 20.8 Å². The first-order valence-corrected chi connectivity index (χ1v) is 8.06. The van der Waals surface area contributed by atoms with E-state index in [4.69, 9.17) is 11.6 Å². The molecule has 3 aliphatic rings. The average molecular weight is 299 g/mol. The lowest BCUT2D eigenvalue weighted by molar-refractivity contribution is 0.0218. The van der Waals surface area contributed by atoms with E-state index in [-0.39, 0.29) is 11.9 Å². The monoisotopic (exact) mass is 298 g/mol. The van der Waals surface area contributed by atoms with Crippen LogP contribution in [0.15, 0.2) is 6.07 Å². The topological polar surface area (TPSA) is 32.3 Å². The predicted octanol–water partition coefficient (Wildman–Crippen LogP) is 2.92. The van der Waals surface area contributed by atoms with Crippen molar-refractivity contribution < 1.29 is 4.79 Å². The molecule has 0 radical (unpaired) electrons. The molecule has 104 valence electrons. The van der Waals surface area contributed by atoms with E-state index in [0.29, 0.717) is 16.3 Å². The molecular weight excluding hydrogens is 280 g/mol. The van der Waals surface area contributed by atoms with E-state index in [2.05, 4.69) is 17.1 Å². The van der Waals surface area contributed by atoms with Gasteiger partial charge < -0.3 is 5.32 Å². The third kappa shape index (κ3) is 2.41. The first-order valence-electron chi connectivity index (χ1n) is 6.87. The number of rotatable bonds is 2. The number of carbonyl (C=O) groups is 1. The standard InChI is InChI=1S/C14H19ClN2OS/c1-8-7-11(19-13(8)15)14(18)16-12-9(2)17-5-3-10(12)4-6-17/h7,9-10,12H,3-6H2,1-2H3,(H,16,18)/t9-,12+/m1/s1. The summed E-state index contributed by atoms with van der Waals surface area (Å²) in [5.74, 6) is 0.672. The third-order valence-corrected chi connectivity index (χ3v) is 6.11. The average Bonchev–Trinajstić information content (AvgIpc) is 2.74. The maximum absolute atomic E-state index is 12.3. The second kappa shape index (κ2) is 5.08. The van der Waals surface area contributed by atoms with Gasteiger partial charge in [0.2, 0.25) is 0 Å². The zero-order valence-corrected chi connectivity index (χ0v) is 12.9. The van der Waals surface area contributed by atoms with Crippen LogP contribution in [0.3, 0.4) is 0 Å². The Labute approximate surface area is 122 Å². The van der Waals surface area contributed by atoms with E-state index >= 15 is 0 Å². The third-order valence-electron chi connectivity index (χ3n) is 4.56. The number of hydrogen-bond donors (Lipinski definition) is 1. The van der Waals surface area contributed by atoms with Crippen LogP contribution in [0.25, 0.3) is 0 Å². The van der Waals surface area contributed by atoms with Crippen LogP contribution in [-0.2, 0) is 0 Å². The maximum Gasteiger partial charge on any atom is 0.261 e. The van der Waals surface area contributed by atoms with E-state index < -0.39 is 0 Å². The number of piperidine rings is 3. The first-order chi connectivity index (χ1) is 9.06. The van der Waals surface area contributed by atoms with Gasteiger partial charge in [-0.15, -0.1) is 11.3 Å². The van der Waals surface area contributed by atoms with Crippen molar-refractivity contribution in [2.75, 3.05) is 13.1 Å². The van der Waals surface area contributed by atoms with Gasteiger partial charge >= 0.3 is 0 Å². The summed E-state index contributed by atoms with van der Waals surface area (Å²) in [6.07, 6.45) is 2.42. The molecule has 0 unspecified atom stereocenters. The molecule has 1 aromatic rings. The highest BCUT2D eigenvalue weighted by Crippen LogP contribution is 2.33. The van der Waals surface area contributed by atoms with Gasteiger partial charge in [-0.1, -0.05) is 11.6 Å². The number of thiophene rings is 1. The molecule has 5 heteroatoms. The summed E-state index contributed by atoms with van der Waals surface area (Å²) in [5, 5.41) is 3.23. The Kier molecular flexibility index (Phi) is 3.58. The summed E-state index contributed by atoms with van der Waals surface area (Å²) in [4.78, 5) is 15.5. The van der Waals surface area contributed by atoms with Gasteiger partial charge in [-0.2, -0.15) is 0 Å². The van der Waals surface area contributed by atoms with Crippen LogP contribution in [0.4, 0.5) is 0 Å². The zero-order valence-electron chi connectivity index (χ0n) is 11.3. The Balaban J connectivity index is 1.72.